The van der Waals surface area contributed by atoms with E-state index in [1.807, 2.05) is 32.0 Å². The van der Waals surface area contributed by atoms with E-state index in [0.717, 1.165) is 16.0 Å². The van der Waals surface area contributed by atoms with Gasteiger partial charge < -0.3 is 10.6 Å². The molecule has 2 atom stereocenters. The Morgan fingerprint density at radius 2 is 1.34 bits per heavy atom. The summed E-state index contributed by atoms with van der Waals surface area (Å²) in [7, 11) is 0. The quantitative estimate of drug-likeness (QED) is 0.500. The Morgan fingerprint density at radius 3 is 1.91 bits per heavy atom. The number of hydrogen-bond acceptors (Lipinski definition) is 4. The zero-order valence-corrected chi connectivity index (χ0v) is 20.2. The lowest BCUT2D eigenvalue weighted by molar-refractivity contribution is -0.129. The highest BCUT2D eigenvalue weighted by Crippen LogP contribution is 2.28. The third-order valence-electron chi connectivity index (χ3n) is 6.09. The van der Waals surface area contributed by atoms with E-state index in [1.54, 1.807) is 48.5 Å². The van der Waals surface area contributed by atoms with Crippen LogP contribution < -0.4 is 10.6 Å². The molecule has 0 aromatic heterocycles. The number of nitrogens with one attached hydrogen (secondary N) is 2. The molecule has 7 nitrogen and oxygen atoms in total. The molecule has 0 aliphatic carbocycles. The first-order valence-corrected chi connectivity index (χ1v) is 11.5. The van der Waals surface area contributed by atoms with Crippen LogP contribution in [0.25, 0.3) is 0 Å². The molecule has 35 heavy (non-hydrogen) atoms. The molecule has 8 heteroatoms. The Morgan fingerprint density at radius 1 is 0.800 bits per heavy atom. The van der Waals surface area contributed by atoms with Gasteiger partial charge in [0.15, 0.2) is 0 Å². The predicted molar refractivity (Wildman–Crippen MR) is 133 cm³/mol. The van der Waals surface area contributed by atoms with Crippen molar-refractivity contribution in [2.24, 2.45) is 0 Å². The molecule has 0 bridgehead atoms. The average molecular weight is 490 g/mol. The number of nitrogens with zero attached hydrogens (tertiary/aromatic N) is 1. The SMILES string of the molecule is Cc1cccc(C)c1NC(=O)[C@H](NC(=O)[C@H](C)N1C(=O)c2ccccc2C1=O)c1ccccc1Cl. The molecular weight excluding hydrogens is 466 g/mol. The van der Waals surface area contributed by atoms with Gasteiger partial charge in [0, 0.05) is 16.3 Å². The van der Waals surface area contributed by atoms with Crippen molar-refractivity contribution in [1.29, 1.82) is 0 Å². The number of para-hydroxylation sites is 1. The summed E-state index contributed by atoms with van der Waals surface area (Å²) >= 11 is 6.38. The van der Waals surface area contributed by atoms with Crippen LogP contribution in [-0.2, 0) is 9.59 Å². The summed E-state index contributed by atoms with van der Waals surface area (Å²) in [5, 5.41) is 5.88. The molecule has 3 aromatic carbocycles. The summed E-state index contributed by atoms with van der Waals surface area (Å²) in [6.07, 6.45) is 0. The van der Waals surface area contributed by atoms with Gasteiger partial charge in [0.25, 0.3) is 17.7 Å². The van der Waals surface area contributed by atoms with Gasteiger partial charge in [-0.3, -0.25) is 24.1 Å². The summed E-state index contributed by atoms with van der Waals surface area (Å²) in [4.78, 5) is 53.3. The van der Waals surface area contributed by atoms with Crippen LogP contribution in [0.2, 0.25) is 5.02 Å². The first-order valence-electron chi connectivity index (χ1n) is 11.1. The van der Waals surface area contributed by atoms with Gasteiger partial charge in [-0.2, -0.15) is 0 Å². The Labute approximate surface area is 208 Å². The number of carbonyl (C=O) groups is 4. The van der Waals surface area contributed by atoms with Crippen molar-refractivity contribution in [1.82, 2.24) is 10.2 Å². The van der Waals surface area contributed by atoms with Crippen LogP contribution >= 0.6 is 11.6 Å². The van der Waals surface area contributed by atoms with Crippen molar-refractivity contribution in [3.8, 4) is 0 Å². The van der Waals surface area contributed by atoms with Crippen LogP contribution in [0.4, 0.5) is 5.69 Å². The third-order valence-corrected chi connectivity index (χ3v) is 6.43. The molecule has 0 radical (unpaired) electrons. The molecule has 1 heterocycles. The van der Waals surface area contributed by atoms with E-state index in [4.69, 9.17) is 11.6 Å². The van der Waals surface area contributed by atoms with Crippen molar-refractivity contribution in [2.75, 3.05) is 5.32 Å². The number of aryl methyl sites for hydroxylation is 2. The fraction of sp³-hybridized carbons (Fsp3) is 0.185. The lowest BCUT2D eigenvalue weighted by Gasteiger charge is -2.26. The maximum absolute atomic E-state index is 13.4. The van der Waals surface area contributed by atoms with Crippen LogP contribution in [0.5, 0.6) is 0 Å². The monoisotopic (exact) mass is 489 g/mol. The number of hydrogen-bond donors (Lipinski definition) is 2. The normalized spacial score (nSPS) is 14.3. The highest BCUT2D eigenvalue weighted by atomic mass is 35.5. The summed E-state index contributed by atoms with van der Waals surface area (Å²) in [6.45, 7) is 5.19. The van der Waals surface area contributed by atoms with Crippen LogP contribution in [-0.4, -0.2) is 34.6 Å². The van der Waals surface area contributed by atoms with E-state index in [0.29, 0.717) is 16.3 Å². The van der Waals surface area contributed by atoms with Crippen LogP contribution in [0, 0.1) is 13.8 Å². The van der Waals surface area contributed by atoms with E-state index >= 15 is 0 Å². The maximum atomic E-state index is 13.4. The Bertz CT molecular complexity index is 1300. The minimum absolute atomic E-state index is 0.243. The Hall–Kier alpha value is -3.97. The predicted octanol–water partition coefficient (Wildman–Crippen LogP) is 4.44. The average Bonchev–Trinajstić information content (AvgIpc) is 3.10. The molecule has 3 aromatic rings. The van der Waals surface area contributed by atoms with Gasteiger partial charge in [-0.15, -0.1) is 0 Å². The van der Waals surface area contributed by atoms with Gasteiger partial charge >= 0.3 is 0 Å². The van der Waals surface area contributed by atoms with Crippen molar-refractivity contribution >= 4 is 40.9 Å². The molecule has 0 spiro atoms. The smallest absolute Gasteiger partial charge is 0.262 e. The number of rotatable bonds is 6. The second-order valence-electron chi connectivity index (χ2n) is 8.42. The van der Waals surface area contributed by atoms with Crippen molar-refractivity contribution in [3.63, 3.8) is 0 Å². The van der Waals surface area contributed by atoms with Gasteiger partial charge in [-0.05, 0) is 50.1 Å². The number of amides is 4. The molecule has 0 saturated carbocycles. The fourth-order valence-electron chi connectivity index (χ4n) is 4.14. The van der Waals surface area contributed by atoms with Crippen LogP contribution in [0.15, 0.2) is 66.7 Å². The van der Waals surface area contributed by atoms with Gasteiger partial charge in [-0.1, -0.05) is 60.1 Å². The van der Waals surface area contributed by atoms with Gasteiger partial charge in [0.1, 0.15) is 12.1 Å². The second-order valence-corrected chi connectivity index (χ2v) is 8.83. The van der Waals surface area contributed by atoms with Crippen LogP contribution in [0.1, 0.15) is 50.4 Å². The second kappa shape index (κ2) is 9.72. The Kier molecular flexibility index (Phi) is 6.71. The minimum atomic E-state index is -1.16. The summed E-state index contributed by atoms with van der Waals surface area (Å²) < 4.78 is 0. The lowest BCUT2D eigenvalue weighted by atomic mass is 10.0. The fourth-order valence-corrected chi connectivity index (χ4v) is 4.39. The molecule has 1 aliphatic rings. The minimum Gasteiger partial charge on any atom is -0.339 e. The molecule has 0 saturated heterocycles. The first kappa shape index (κ1) is 24.2. The molecule has 1 aliphatic heterocycles. The highest BCUT2D eigenvalue weighted by Gasteiger charge is 2.41. The van der Waals surface area contributed by atoms with Gasteiger partial charge in [-0.25, -0.2) is 0 Å². The van der Waals surface area contributed by atoms with Crippen molar-refractivity contribution < 1.29 is 19.2 Å². The third kappa shape index (κ3) is 4.55. The lowest BCUT2D eigenvalue weighted by Crippen LogP contribution is -2.50. The number of halogens is 1. The molecule has 4 rings (SSSR count). The first-order chi connectivity index (χ1) is 16.7. The van der Waals surface area contributed by atoms with E-state index in [9.17, 15) is 19.2 Å². The van der Waals surface area contributed by atoms with Crippen molar-refractivity contribution in [2.45, 2.75) is 32.9 Å². The largest absolute Gasteiger partial charge is 0.339 e. The van der Waals surface area contributed by atoms with E-state index < -0.39 is 35.7 Å². The van der Waals surface area contributed by atoms with Gasteiger partial charge in [0.05, 0.1) is 11.1 Å². The highest BCUT2D eigenvalue weighted by molar-refractivity contribution is 6.31. The standard InChI is InChI=1S/C27H24ClN3O4/c1-15-9-8-10-16(2)22(15)29-25(33)23(20-13-6-7-14-21(20)28)30-24(32)17(3)31-26(34)18-11-4-5-12-19(18)27(31)35/h4-14,17,23H,1-3H3,(H,29,33)(H,30,32)/t17-,23+/m0/s1. The topological polar surface area (TPSA) is 95.6 Å². The van der Waals surface area contributed by atoms with Gasteiger partial charge in [0.2, 0.25) is 5.91 Å². The molecule has 0 unspecified atom stereocenters. The van der Waals surface area contributed by atoms with E-state index in [2.05, 4.69) is 10.6 Å². The Balaban J connectivity index is 1.62. The van der Waals surface area contributed by atoms with E-state index in [-0.39, 0.29) is 11.1 Å². The molecule has 0 fully saturated rings. The molecule has 178 valence electrons. The summed E-state index contributed by atoms with van der Waals surface area (Å²) in [5.41, 5.74) is 3.24. The van der Waals surface area contributed by atoms with E-state index in [1.165, 1.54) is 6.92 Å². The summed E-state index contributed by atoms with van der Waals surface area (Å²) in [5.74, 6) is -2.27. The zero-order valence-electron chi connectivity index (χ0n) is 19.5. The van der Waals surface area contributed by atoms with Crippen LogP contribution in [0.3, 0.4) is 0 Å². The molecule has 4 amide bonds. The summed E-state index contributed by atoms with van der Waals surface area (Å²) in [6, 6.07) is 16.4. The number of fused-ring (bicyclic) bond motifs is 1. The number of anilines is 1. The molecule has 2 N–H and O–H groups in total. The number of carbonyl (C=O) groups excluding carboxylic acids is 4. The molecular formula is C27H24ClN3O4. The zero-order chi connectivity index (χ0) is 25.3. The number of imide groups is 1. The number of benzene rings is 3. The van der Waals surface area contributed by atoms with Crippen molar-refractivity contribution in [3.05, 3.63) is 99.6 Å². The maximum Gasteiger partial charge on any atom is 0.262 e.